The second kappa shape index (κ2) is 17.5. The number of aliphatic hydroxyl groups excluding tert-OH is 1. The van der Waals surface area contributed by atoms with Gasteiger partial charge < -0.3 is 37.8 Å². The minimum Gasteiger partial charge on any atom is -0.391 e. The van der Waals surface area contributed by atoms with Gasteiger partial charge in [-0.3, -0.25) is 28.8 Å². The second-order valence-electron chi connectivity index (χ2n) is 11.1. The van der Waals surface area contributed by atoms with Crippen LogP contribution in [0.25, 0.3) is 0 Å². The van der Waals surface area contributed by atoms with Crippen molar-refractivity contribution in [3.8, 4) is 0 Å². The summed E-state index contributed by atoms with van der Waals surface area (Å²) >= 11 is 0. The van der Waals surface area contributed by atoms with Gasteiger partial charge in [0, 0.05) is 6.42 Å². The Morgan fingerprint density at radius 1 is 0.744 bits per heavy atom. The normalized spacial score (nSPS) is 16.0. The van der Waals surface area contributed by atoms with Crippen molar-refractivity contribution < 1.29 is 33.9 Å². The van der Waals surface area contributed by atoms with E-state index in [-0.39, 0.29) is 37.0 Å². The third-order valence-corrected chi connectivity index (χ3v) is 5.87. The number of amides is 5. The first-order valence-corrected chi connectivity index (χ1v) is 13.3. The zero-order chi connectivity index (χ0) is 30.4. The molecule has 0 aliphatic carbocycles. The number of nitrogens with two attached hydrogens (primary N) is 2. The van der Waals surface area contributed by atoms with Crippen molar-refractivity contribution in [2.75, 3.05) is 0 Å². The number of carbonyl (C=O) groups is 5. The Kier molecular flexibility index (Phi) is 16.1. The Morgan fingerprint density at radius 3 is 1.69 bits per heavy atom. The fourth-order valence-corrected chi connectivity index (χ4v) is 3.66. The van der Waals surface area contributed by atoms with E-state index in [4.69, 9.17) is 11.5 Å². The van der Waals surface area contributed by atoms with Crippen molar-refractivity contribution in [2.24, 2.45) is 29.2 Å². The first-order valence-electron chi connectivity index (χ1n) is 13.3. The van der Waals surface area contributed by atoms with Gasteiger partial charge in [0.1, 0.15) is 18.1 Å². The minimum atomic E-state index is -1.42. The lowest BCUT2D eigenvalue weighted by molar-refractivity contribution is -0.135. The van der Waals surface area contributed by atoms with E-state index in [2.05, 4.69) is 21.3 Å². The monoisotopic (exact) mass is 555 g/mol. The van der Waals surface area contributed by atoms with E-state index in [0.29, 0.717) is 6.42 Å². The lowest BCUT2D eigenvalue weighted by atomic mass is 10.00. The smallest absolute Gasteiger partial charge is 0.245 e. The number of aliphatic hydroxyl groups is 1. The molecule has 0 aromatic carbocycles. The Hall–Kier alpha value is -3.06. The summed E-state index contributed by atoms with van der Waals surface area (Å²) in [6.45, 7) is 12.1. The van der Waals surface area contributed by atoms with Crippen LogP contribution >= 0.6 is 0 Å². The fourth-order valence-electron chi connectivity index (χ4n) is 3.66. The van der Waals surface area contributed by atoms with Crippen LogP contribution in [-0.4, -0.2) is 77.2 Å². The molecule has 13 heteroatoms. The topological polar surface area (TPSA) is 223 Å². The molecule has 0 aromatic heterocycles. The van der Waals surface area contributed by atoms with Crippen molar-refractivity contribution in [2.45, 2.75) is 110 Å². The number of nitrogens with one attached hydrogen (secondary N) is 4. The van der Waals surface area contributed by atoms with Gasteiger partial charge in [0.15, 0.2) is 0 Å². The van der Waals surface area contributed by atoms with Crippen LogP contribution in [0.1, 0.15) is 74.1 Å². The van der Waals surface area contributed by atoms with Crippen molar-refractivity contribution in [3.05, 3.63) is 0 Å². The van der Waals surface area contributed by atoms with Gasteiger partial charge in [-0.15, -0.1) is 0 Å². The number of primary amides is 1. The van der Waals surface area contributed by atoms with Crippen LogP contribution in [0.2, 0.25) is 0 Å². The summed E-state index contributed by atoms with van der Waals surface area (Å²) in [5.74, 6) is -3.78. The predicted molar refractivity (Wildman–Crippen MR) is 145 cm³/mol. The lowest BCUT2D eigenvalue weighted by Crippen LogP contribution is -2.60. The molecule has 0 saturated heterocycles. The van der Waals surface area contributed by atoms with Crippen molar-refractivity contribution in [1.29, 1.82) is 0 Å². The maximum atomic E-state index is 13.2. The summed E-state index contributed by atoms with van der Waals surface area (Å²) in [5, 5.41) is 20.1. The SMILES string of the molecule is CC(C)C[C@H](NC(=O)[C@H](CCC(N)=O)NC(=O)[C@@H](N)CC(C)C)C(=O)N[C@H](C(=O)N[C@H]([C]=O)C(C)C)[C@@H](C)O. The average Bonchev–Trinajstić information content (AvgIpc) is 2.81. The second-order valence-corrected chi connectivity index (χ2v) is 11.1. The Bertz CT molecular complexity index is 847. The molecule has 0 spiro atoms. The van der Waals surface area contributed by atoms with Crippen LogP contribution < -0.4 is 32.7 Å². The lowest BCUT2D eigenvalue weighted by Gasteiger charge is -2.28. The molecule has 0 aliphatic heterocycles. The average molecular weight is 556 g/mol. The van der Waals surface area contributed by atoms with Gasteiger partial charge in [0.2, 0.25) is 35.8 Å². The minimum absolute atomic E-state index is 0.0759. The standard InChI is InChI=1S/C26H47N6O7/c1-13(2)10-17(27)23(36)29-18(8-9-21(28)35)24(37)30-19(11-14(3)4)25(38)32-22(16(7)34)26(39)31-20(12-33)15(5)6/h13-20,22,34H,8-11,27H2,1-7H3,(H2,28,35)(H,29,36)(H,30,37)(H,31,39)(H,32,38)/t16-,17+,18+,19+,20-,22+/m1/s1. The first kappa shape index (κ1) is 35.9. The summed E-state index contributed by atoms with van der Waals surface area (Å²) in [7, 11) is 0. The summed E-state index contributed by atoms with van der Waals surface area (Å²) in [6.07, 6.45) is 0.599. The zero-order valence-electron chi connectivity index (χ0n) is 24.1. The van der Waals surface area contributed by atoms with Crippen LogP contribution in [0.4, 0.5) is 0 Å². The molecule has 0 aliphatic rings. The van der Waals surface area contributed by atoms with Crippen LogP contribution in [0.3, 0.4) is 0 Å². The highest BCUT2D eigenvalue weighted by Crippen LogP contribution is 2.09. The number of rotatable bonds is 18. The molecule has 5 amide bonds. The highest BCUT2D eigenvalue weighted by Gasteiger charge is 2.33. The number of hydrogen-bond donors (Lipinski definition) is 7. The first-order chi connectivity index (χ1) is 18.0. The van der Waals surface area contributed by atoms with E-state index in [0.717, 1.165) is 0 Å². The summed E-state index contributed by atoms with van der Waals surface area (Å²) in [6, 6.07) is -5.59. The Balaban J connectivity index is 5.78. The van der Waals surface area contributed by atoms with E-state index < -0.39 is 65.8 Å². The van der Waals surface area contributed by atoms with Crippen LogP contribution in [-0.2, 0) is 28.8 Å². The van der Waals surface area contributed by atoms with Crippen LogP contribution in [0.15, 0.2) is 0 Å². The van der Waals surface area contributed by atoms with Gasteiger partial charge in [-0.25, -0.2) is 0 Å². The maximum Gasteiger partial charge on any atom is 0.245 e. The fraction of sp³-hybridized carbons (Fsp3) is 0.769. The van der Waals surface area contributed by atoms with Crippen molar-refractivity contribution >= 4 is 35.8 Å². The summed E-state index contributed by atoms with van der Waals surface area (Å²) in [4.78, 5) is 74.2. The molecule has 0 unspecified atom stereocenters. The number of hydrogen-bond acceptors (Lipinski definition) is 8. The molecule has 39 heavy (non-hydrogen) atoms. The largest absolute Gasteiger partial charge is 0.391 e. The van der Waals surface area contributed by atoms with E-state index in [9.17, 15) is 33.9 Å². The highest BCUT2D eigenvalue weighted by atomic mass is 16.3. The van der Waals surface area contributed by atoms with Crippen LogP contribution in [0, 0.1) is 17.8 Å². The van der Waals surface area contributed by atoms with Gasteiger partial charge in [-0.2, -0.15) is 0 Å². The van der Waals surface area contributed by atoms with Crippen molar-refractivity contribution in [1.82, 2.24) is 21.3 Å². The quantitative estimate of drug-likeness (QED) is 0.108. The predicted octanol–water partition coefficient (Wildman–Crippen LogP) is -1.24. The molecule has 0 saturated carbocycles. The Labute approximate surface area is 231 Å². The maximum absolute atomic E-state index is 13.2. The van der Waals surface area contributed by atoms with Gasteiger partial charge in [-0.1, -0.05) is 41.5 Å². The molecule has 0 rings (SSSR count). The molecule has 223 valence electrons. The molecule has 0 bridgehead atoms. The van der Waals surface area contributed by atoms with E-state index in [1.165, 1.54) is 6.92 Å². The summed E-state index contributed by atoms with van der Waals surface area (Å²) in [5.41, 5.74) is 11.2. The molecule has 9 N–H and O–H groups in total. The van der Waals surface area contributed by atoms with Gasteiger partial charge in [0.05, 0.1) is 18.2 Å². The molecule has 0 fully saturated rings. The van der Waals surface area contributed by atoms with E-state index in [1.54, 1.807) is 20.1 Å². The van der Waals surface area contributed by atoms with Gasteiger partial charge >= 0.3 is 0 Å². The van der Waals surface area contributed by atoms with Crippen LogP contribution in [0.5, 0.6) is 0 Å². The molecule has 0 heterocycles. The molecule has 6 atom stereocenters. The highest BCUT2D eigenvalue weighted by molar-refractivity contribution is 5.95. The van der Waals surface area contributed by atoms with Crippen molar-refractivity contribution in [3.63, 3.8) is 0 Å². The molecular weight excluding hydrogens is 508 g/mol. The third-order valence-electron chi connectivity index (χ3n) is 5.87. The molecule has 0 aromatic rings. The van der Waals surface area contributed by atoms with Gasteiger partial charge in [-0.05, 0) is 43.9 Å². The van der Waals surface area contributed by atoms with E-state index >= 15 is 0 Å². The molecule has 1 radical (unpaired) electrons. The van der Waals surface area contributed by atoms with Gasteiger partial charge in [0.25, 0.3) is 0 Å². The molecule has 13 nitrogen and oxygen atoms in total. The molecular formula is C26H47N6O7. The zero-order valence-corrected chi connectivity index (χ0v) is 24.1. The number of carbonyl (C=O) groups excluding carboxylic acids is 6. The Morgan fingerprint density at radius 2 is 1.26 bits per heavy atom. The third kappa shape index (κ3) is 14.1. The summed E-state index contributed by atoms with van der Waals surface area (Å²) < 4.78 is 0. The van der Waals surface area contributed by atoms with E-state index in [1.807, 2.05) is 27.7 Å².